The summed E-state index contributed by atoms with van der Waals surface area (Å²) >= 11 is 0. The molecule has 5 atom stereocenters. The average molecular weight is 544 g/mol. The number of hydrogen-bond donors (Lipinski definition) is 3. The minimum atomic E-state index is -1.10. The van der Waals surface area contributed by atoms with Gasteiger partial charge in [-0.2, -0.15) is 0 Å². The molecule has 2 bridgehead atoms. The molecule has 3 aliphatic heterocycles. The lowest BCUT2D eigenvalue weighted by molar-refractivity contribution is -0.139. The molecule has 0 aromatic heterocycles. The van der Waals surface area contributed by atoms with Crippen LogP contribution in [0.5, 0.6) is 5.75 Å². The molecule has 1 spiro atoms. The van der Waals surface area contributed by atoms with Gasteiger partial charge in [-0.15, -0.1) is 0 Å². The van der Waals surface area contributed by atoms with E-state index in [2.05, 4.69) is 10.6 Å². The minimum Gasteiger partial charge on any atom is -0.494 e. The fourth-order valence-electron chi connectivity index (χ4n) is 6.74. The number of aliphatic hydroxyl groups is 1. The van der Waals surface area contributed by atoms with Gasteiger partial charge in [0.05, 0.1) is 24.5 Å². The third-order valence-corrected chi connectivity index (χ3v) is 8.36. The standard InChI is InChI=1S/C31H33N3O6/c1-2-39-23-12-10-21(11-13-23)32-28(36)25-24-14-15-31(40-24)26(25)30(38)34(16-5-17-35)27(31)29(37)33-22-9-8-19-6-3-4-7-20(19)18-22/h3-4,6-13,18,24-27,35H,2,5,14-17H2,1H3,(H,32,36)(H,33,37)/t24-,25+,26+,27?,31?/m1/s1. The third kappa shape index (κ3) is 4.39. The van der Waals surface area contributed by atoms with Crippen LogP contribution in [0.2, 0.25) is 0 Å². The van der Waals surface area contributed by atoms with E-state index in [1.807, 2.05) is 49.4 Å². The smallest absolute Gasteiger partial charge is 0.250 e. The van der Waals surface area contributed by atoms with E-state index in [4.69, 9.17) is 9.47 Å². The van der Waals surface area contributed by atoms with Crippen LogP contribution >= 0.6 is 0 Å². The summed E-state index contributed by atoms with van der Waals surface area (Å²) < 4.78 is 11.9. The highest BCUT2D eigenvalue weighted by Gasteiger charge is 2.74. The topological polar surface area (TPSA) is 117 Å². The normalized spacial score (nSPS) is 26.6. The summed E-state index contributed by atoms with van der Waals surface area (Å²) in [4.78, 5) is 42.9. The highest BCUT2D eigenvalue weighted by Crippen LogP contribution is 2.58. The van der Waals surface area contributed by atoms with Gasteiger partial charge in [-0.1, -0.05) is 30.3 Å². The average Bonchev–Trinajstić information content (AvgIpc) is 3.60. The van der Waals surface area contributed by atoms with E-state index >= 15 is 0 Å². The predicted octanol–water partition coefficient (Wildman–Crippen LogP) is 3.57. The van der Waals surface area contributed by atoms with Gasteiger partial charge in [0.2, 0.25) is 17.7 Å². The van der Waals surface area contributed by atoms with Crippen molar-refractivity contribution >= 4 is 39.9 Å². The van der Waals surface area contributed by atoms with E-state index in [1.165, 1.54) is 4.90 Å². The number of aliphatic hydroxyl groups excluding tert-OH is 1. The molecular formula is C31H33N3O6. The molecular weight excluding hydrogens is 510 g/mol. The lowest BCUT2D eigenvalue weighted by Crippen LogP contribution is -2.53. The number of rotatable bonds is 9. The SMILES string of the molecule is CCOc1ccc(NC(=O)[C@@H]2[C@H]3C(=O)N(CCCO)C(C(=O)Nc4ccc5ccccc5c4)C34CC[C@H]2O4)cc1. The van der Waals surface area contributed by atoms with Crippen LogP contribution in [0.25, 0.3) is 10.8 Å². The van der Waals surface area contributed by atoms with Gasteiger partial charge in [0.1, 0.15) is 17.4 Å². The molecule has 0 radical (unpaired) electrons. The van der Waals surface area contributed by atoms with Gasteiger partial charge in [-0.25, -0.2) is 0 Å². The van der Waals surface area contributed by atoms with Crippen molar-refractivity contribution in [3.8, 4) is 5.75 Å². The first-order valence-electron chi connectivity index (χ1n) is 13.9. The number of nitrogens with one attached hydrogen (secondary N) is 2. The first-order valence-corrected chi connectivity index (χ1v) is 13.9. The molecule has 0 saturated carbocycles. The van der Waals surface area contributed by atoms with Gasteiger partial charge >= 0.3 is 0 Å². The number of carbonyl (C=O) groups is 3. The zero-order valence-electron chi connectivity index (χ0n) is 22.3. The molecule has 3 aromatic carbocycles. The molecule has 2 unspecified atom stereocenters. The van der Waals surface area contributed by atoms with Crippen molar-refractivity contribution in [2.24, 2.45) is 11.8 Å². The Kier molecular flexibility index (Phi) is 6.93. The number of hydrogen-bond acceptors (Lipinski definition) is 6. The number of ether oxygens (including phenoxy) is 2. The number of benzene rings is 3. The number of nitrogens with zero attached hydrogens (tertiary/aromatic N) is 1. The van der Waals surface area contributed by atoms with E-state index in [0.29, 0.717) is 43.0 Å². The van der Waals surface area contributed by atoms with E-state index in [-0.39, 0.29) is 30.9 Å². The number of amides is 3. The summed E-state index contributed by atoms with van der Waals surface area (Å²) in [6.07, 6.45) is 0.957. The zero-order valence-corrected chi connectivity index (χ0v) is 22.3. The first kappa shape index (κ1) is 26.3. The fourth-order valence-corrected chi connectivity index (χ4v) is 6.74. The summed E-state index contributed by atoms with van der Waals surface area (Å²) in [5, 5.41) is 17.5. The Balaban J connectivity index is 1.27. The maximum Gasteiger partial charge on any atom is 0.250 e. The molecule has 3 amide bonds. The highest BCUT2D eigenvalue weighted by molar-refractivity contribution is 6.05. The molecule has 0 aliphatic carbocycles. The van der Waals surface area contributed by atoms with E-state index in [9.17, 15) is 19.5 Å². The summed E-state index contributed by atoms with van der Waals surface area (Å²) in [6.45, 7) is 2.52. The lowest BCUT2D eigenvalue weighted by Gasteiger charge is -2.33. The highest BCUT2D eigenvalue weighted by atomic mass is 16.5. The second-order valence-electron chi connectivity index (χ2n) is 10.7. The van der Waals surface area contributed by atoms with Crippen molar-refractivity contribution in [1.82, 2.24) is 4.90 Å². The second-order valence-corrected chi connectivity index (χ2v) is 10.7. The molecule has 9 heteroatoms. The van der Waals surface area contributed by atoms with Crippen molar-refractivity contribution < 1.29 is 29.0 Å². The maximum atomic E-state index is 13.9. The summed E-state index contributed by atoms with van der Waals surface area (Å²) in [5.74, 6) is -1.72. The van der Waals surface area contributed by atoms with Crippen molar-refractivity contribution in [3.05, 3.63) is 66.7 Å². The van der Waals surface area contributed by atoms with Gasteiger partial charge in [0.15, 0.2) is 0 Å². The van der Waals surface area contributed by atoms with Crippen LogP contribution in [0, 0.1) is 11.8 Å². The zero-order chi connectivity index (χ0) is 27.9. The molecule has 3 fully saturated rings. The van der Waals surface area contributed by atoms with E-state index < -0.39 is 29.6 Å². The molecule has 3 heterocycles. The second kappa shape index (κ2) is 10.6. The summed E-state index contributed by atoms with van der Waals surface area (Å²) in [7, 11) is 0. The van der Waals surface area contributed by atoms with Crippen molar-refractivity contribution in [3.63, 3.8) is 0 Å². The molecule has 3 saturated heterocycles. The van der Waals surface area contributed by atoms with Crippen LogP contribution in [-0.4, -0.2) is 65.2 Å². The predicted molar refractivity (Wildman–Crippen MR) is 150 cm³/mol. The van der Waals surface area contributed by atoms with E-state index in [1.54, 1.807) is 24.3 Å². The number of carbonyl (C=O) groups excluding carboxylic acids is 3. The fraction of sp³-hybridized carbons (Fsp3) is 0.387. The molecule has 40 heavy (non-hydrogen) atoms. The molecule has 3 aromatic rings. The molecule has 9 nitrogen and oxygen atoms in total. The number of fused-ring (bicyclic) bond motifs is 2. The summed E-state index contributed by atoms with van der Waals surface area (Å²) in [6, 6.07) is 19.7. The molecule has 3 aliphatic rings. The lowest BCUT2D eigenvalue weighted by atomic mass is 9.70. The first-order chi connectivity index (χ1) is 19.4. The third-order valence-electron chi connectivity index (χ3n) is 8.36. The van der Waals surface area contributed by atoms with Crippen LogP contribution in [0.4, 0.5) is 11.4 Å². The van der Waals surface area contributed by atoms with Gasteiger partial charge < -0.3 is 30.1 Å². The number of anilines is 2. The largest absolute Gasteiger partial charge is 0.494 e. The van der Waals surface area contributed by atoms with Crippen molar-refractivity contribution in [1.29, 1.82) is 0 Å². The van der Waals surface area contributed by atoms with Gasteiger partial charge in [0, 0.05) is 24.5 Å². The summed E-state index contributed by atoms with van der Waals surface area (Å²) in [5.41, 5.74) is 0.118. The Morgan fingerprint density at radius 1 is 1.02 bits per heavy atom. The van der Waals surface area contributed by atoms with Gasteiger partial charge in [-0.05, 0) is 73.4 Å². The van der Waals surface area contributed by atoms with Crippen molar-refractivity contribution in [2.75, 3.05) is 30.4 Å². The van der Waals surface area contributed by atoms with Crippen LogP contribution in [-0.2, 0) is 19.1 Å². The number of likely N-dealkylation sites (tertiary alicyclic amines) is 1. The van der Waals surface area contributed by atoms with Gasteiger partial charge in [-0.3, -0.25) is 14.4 Å². The van der Waals surface area contributed by atoms with Crippen LogP contribution in [0.15, 0.2) is 66.7 Å². The Morgan fingerprint density at radius 3 is 2.50 bits per heavy atom. The van der Waals surface area contributed by atoms with Crippen molar-refractivity contribution in [2.45, 2.75) is 43.9 Å². The molecule has 6 rings (SSSR count). The monoisotopic (exact) mass is 543 g/mol. The van der Waals surface area contributed by atoms with Crippen LogP contribution < -0.4 is 15.4 Å². The van der Waals surface area contributed by atoms with Crippen LogP contribution in [0.3, 0.4) is 0 Å². The van der Waals surface area contributed by atoms with Gasteiger partial charge in [0.25, 0.3) is 0 Å². The maximum absolute atomic E-state index is 13.9. The van der Waals surface area contributed by atoms with Crippen LogP contribution in [0.1, 0.15) is 26.2 Å². The Bertz CT molecular complexity index is 1440. The minimum absolute atomic E-state index is 0.119. The molecule has 3 N–H and O–H groups in total. The Labute approximate surface area is 232 Å². The van der Waals surface area contributed by atoms with E-state index in [0.717, 1.165) is 10.8 Å². The quantitative estimate of drug-likeness (QED) is 0.380. The Morgan fingerprint density at radius 2 is 1.75 bits per heavy atom. The Hall–Kier alpha value is -3.95. The molecule has 208 valence electrons.